The molecule has 1 heteroatoms. The van der Waals surface area contributed by atoms with Crippen LogP contribution in [0.2, 0.25) is 0 Å². The average molecular weight is 213 g/mol. The largest absolute Gasteiger partial charge is 0.265 e. The minimum Gasteiger partial charge on any atom is -0.265 e. The van der Waals surface area contributed by atoms with E-state index in [-0.39, 0.29) is 5.41 Å². The third-order valence-corrected chi connectivity index (χ3v) is 3.30. The predicted octanol–water partition coefficient (Wildman–Crippen LogP) is 3.93. The van der Waals surface area contributed by atoms with E-state index >= 15 is 0 Å². The summed E-state index contributed by atoms with van der Waals surface area (Å²) in [5, 5.41) is 0. The summed E-state index contributed by atoms with van der Waals surface area (Å²) in [5.41, 5.74) is 3.11. The smallest absolute Gasteiger partial charge is 0.0270 e. The fourth-order valence-electron chi connectivity index (χ4n) is 2.17. The molecule has 1 aliphatic carbocycles. The lowest BCUT2D eigenvalue weighted by Crippen LogP contribution is -2.18. The second-order valence-corrected chi connectivity index (χ2v) is 4.86. The van der Waals surface area contributed by atoms with E-state index in [1.807, 2.05) is 12.4 Å². The summed E-state index contributed by atoms with van der Waals surface area (Å²) >= 11 is 0. The normalized spacial score (nSPS) is 24.2. The molecule has 0 aliphatic heterocycles. The topological polar surface area (TPSA) is 12.9 Å². The maximum atomic E-state index is 4.06. The lowest BCUT2D eigenvalue weighted by Gasteiger charge is -2.28. The summed E-state index contributed by atoms with van der Waals surface area (Å²) < 4.78 is 0. The molecule has 84 valence electrons. The van der Waals surface area contributed by atoms with Gasteiger partial charge in [-0.3, -0.25) is 4.98 Å². The first-order chi connectivity index (χ1) is 7.72. The Labute approximate surface area is 97.9 Å². The summed E-state index contributed by atoms with van der Waals surface area (Å²) in [4.78, 5) is 4.06. The molecule has 2 rings (SSSR count). The van der Waals surface area contributed by atoms with Crippen molar-refractivity contribution in [3.63, 3.8) is 0 Å². The highest BCUT2D eigenvalue weighted by Crippen LogP contribution is 2.33. The van der Waals surface area contributed by atoms with Gasteiger partial charge in [-0.1, -0.05) is 37.6 Å². The van der Waals surface area contributed by atoms with Crippen molar-refractivity contribution in [1.29, 1.82) is 0 Å². The molecule has 0 spiro atoms. The van der Waals surface area contributed by atoms with Gasteiger partial charge in [-0.15, -0.1) is 0 Å². The van der Waals surface area contributed by atoms with Crippen LogP contribution >= 0.6 is 0 Å². The van der Waals surface area contributed by atoms with Crippen LogP contribution in [0.5, 0.6) is 0 Å². The van der Waals surface area contributed by atoms with Crippen LogP contribution in [-0.2, 0) is 6.42 Å². The van der Waals surface area contributed by atoms with Gasteiger partial charge in [-0.25, -0.2) is 0 Å². The van der Waals surface area contributed by atoms with Gasteiger partial charge in [0.2, 0.25) is 0 Å². The number of hydrogen-bond donors (Lipinski definition) is 0. The molecule has 1 aliphatic rings. The van der Waals surface area contributed by atoms with Crippen LogP contribution in [0.25, 0.3) is 0 Å². The predicted molar refractivity (Wildman–Crippen MR) is 68.2 cm³/mol. The zero-order valence-corrected chi connectivity index (χ0v) is 10.1. The van der Waals surface area contributed by atoms with Gasteiger partial charge in [0.1, 0.15) is 0 Å². The molecule has 1 atom stereocenters. The van der Waals surface area contributed by atoms with E-state index in [9.17, 15) is 0 Å². The number of hydrogen-bond acceptors (Lipinski definition) is 1. The van der Waals surface area contributed by atoms with Crippen LogP contribution in [0, 0.1) is 5.41 Å². The Hall–Kier alpha value is -1.37. The summed E-state index contributed by atoms with van der Waals surface area (Å²) in [5.74, 6) is 0. The molecule has 0 saturated carbocycles. The Balaban J connectivity index is 2.07. The van der Waals surface area contributed by atoms with Crippen LogP contribution in [0.15, 0.2) is 48.3 Å². The molecule has 0 saturated heterocycles. The molecule has 0 bridgehead atoms. The van der Waals surface area contributed by atoms with Crippen molar-refractivity contribution in [3.05, 3.63) is 53.9 Å². The second kappa shape index (κ2) is 4.65. The lowest BCUT2D eigenvalue weighted by molar-refractivity contribution is 0.424. The van der Waals surface area contributed by atoms with Gasteiger partial charge in [0.05, 0.1) is 0 Å². The van der Waals surface area contributed by atoms with Gasteiger partial charge in [-0.2, -0.15) is 0 Å². The molecule has 0 amide bonds. The molecule has 0 N–H and O–H groups in total. The van der Waals surface area contributed by atoms with Crippen molar-refractivity contribution in [1.82, 2.24) is 4.98 Å². The Morgan fingerprint density at radius 3 is 2.62 bits per heavy atom. The van der Waals surface area contributed by atoms with E-state index in [4.69, 9.17) is 0 Å². The molecule has 1 aromatic heterocycles. The fourth-order valence-corrected chi connectivity index (χ4v) is 2.17. The number of nitrogens with zero attached hydrogens (tertiary/aromatic N) is 1. The molecule has 1 unspecified atom stereocenters. The summed E-state index contributed by atoms with van der Waals surface area (Å²) in [6.45, 7) is 4.54. The van der Waals surface area contributed by atoms with E-state index in [1.165, 1.54) is 11.1 Å². The molecule has 1 heterocycles. The first-order valence-corrected chi connectivity index (χ1v) is 5.99. The highest BCUT2D eigenvalue weighted by Gasteiger charge is 2.22. The minimum atomic E-state index is 0.278. The van der Waals surface area contributed by atoms with E-state index in [1.54, 1.807) is 0 Å². The first kappa shape index (κ1) is 11.1. The van der Waals surface area contributed by atoms with Crippen molar-refractivity contribution in [2.24, 2.45) is 5.41 Å². The molecular weight excluding hydrogens is 194 g/mol. The maximum absolute atomic E-state index is 4.06. The Kier molecular flexibility index (Phi) is 3.23. The number of pyridine rings is 1. The second-order valence-electron chi connectivity index (χ2n) is 4.86. The van der Waals surface area contributed by atoms with Crippen molar-refractivity contribution >= 4 is 0 Å². The molecular formula is C15H19N. The standard InChI is InChI=1S/C15H19N/c1-3-13-4-8-15(2,9-5-13)12-14-6-10-16-11-7-14/h4-8,10-11H,3,9,12H2,1-2H3. The Morgan fingerprint density at radius 2 is 2.06 bits per heavy atom. The van der Waals surface area contributed by atoms with Crippen molar-refractivity contribution in [3.8, 4) is 0 Å². The zero-order chi connectivity index (χ0) is 11.4. The van der Waals surface area contributed by atoms with E-state index in [2.05, 4.69) is 49.2 Å². The van der Waals surface area contributed by atoms with Crippen LogP contribution in [0.1, 0.15) is 32.3 Å². The summed E-state index contributed by atoms with van der Waals surface area (Å²) in [7, 11) is 0. The Bertz CT molecular complexity index is 403. The van der Waals surface area contributed by atoms with Gasteiger partial charge in [0, 0.05) is 12.4 Å². The first-order valence-electron chi connectivity index (χ1n) is 5.99. The van der Waals surface area contributed by atoms with Crippen LogP contribution in [-0.4, -0.2) is 4.98 Å². The van der Waals surface area contributed by atoms with Gasteiger partial charge < -0.3 is 0 Å². The zero-order valence-electron chi connectivity index (χ0n) is 10.1. The van der Waals surface area contributed by atoms with Gasteiger partial charge in [0.25, 0.3) is 0 Å². The van der Waals surface area contributed by atoms with Crippen LogP contribution in [0.4, 0.5) is 0 Å². The van der Waals surface area contributed by atoms with E-state index < -0.39 is 0 Å². The molecule has 1 nitrogen and oxygen atoms in total. The molecule has 16 heavy (non-hydrogen) atoms. The minimum absolute atomic E-state index is 0.278. The molecule has 0 radical (unpaired) electrons. The third kappa shape index (κ3) is 2.60. The van der Waals surface area contributed by atoms with Crippen LogP contribution < -0.4 is 0 Å². The summed E-state index contributed by atoms with van der Waals surface area (Å²) in [6.07, 6.45) is 14.2. The summed E-state index contributed by atoms with van der Waals surface area (Å²) in [6, 6.07) is 4.22. The monoisotopic (exact) mass is 213 g/mol. The maximum Gasteiger partial charge on any atom is 0.0270 e. The van der Waals surface area contributed by atoms with Crippen molar-refractivity contribution < 1.29 is 0 Å². The number of aromatic nitrogens is 1. The highest BCUT2D eigenvalue weighted by atomic mass is 14.6. The van der Waals surface area contributed by atoms with E-state index in [0.717, 1.165) is 19.3 Å². The lowest BCUT2D eigenvalue weighted by atomic mass is 9.77. The highest BCUT2D eigenvalue weighted by molar-refractivity contribution is 5.27. The SMILES string of the molecule is CCC1=CCC(C)(Cc2ccncc2)C=C1. The number of rotatable bonds is 3. The molecule has 1 aromatic rings. The van der Waals surface area contributed by atoms with Gasteiger partial charge in [-0.05, 0) is 42.4 Å². The molecule has 0 aromatic carbocycles. The van der Waals surface area contributed by atoms with Gasteiger partial charge in [0.15, 0.2) is 0 Å². The third-order valence-electron chi connectivity index (χ3n) is 3.30. The quantitative estimate of drug-likeness (QED) is 0.741. The van der Waals surface area contributed by atoms with Crippen LogP contribution in [0.3, 0.4) is 0 Å². The van der Waals surface area contributed by atoms with Gasteiger partial charge >= 0.3 is 0 Å². The average Bonchev–Trinajstić information content (AvgIpc) is 2.31. The Morgan fingerprint density at radius 1 is 1.31 bits per heavy atom. The molecule has 0 fully saturated rings. The number of allylic oxidation sites excluding steroid dienone is 4. The fraction of sp³-hybridized carbons (Fsp3) is 0.400. The van der Waals surface area contributed by atoms with E-state index in [0.29, 0.717) is 0 Å². The van der Waals surface area contributed by atoms with Crippen molar-refractivity contribution in [2.45, 2.75) is 33.1 Å². The van der Waals surface area contributed by atoms with Crippen molar-refractivity contribution in [2.75, 3.05) is 0 Å².